The average Bonchev–Trinajstić information content (AvgIpc) is 2.38. The van der Waals surface area contributed by atoms with Crippen molar-refractivity contribution in [3.05, 3.63) is 42.5 Å². The van der Waals surface area contributed by atoms with Crippen molar-refractivity contribution in [3.8, 4) is 0 Å². The standard InChI is InChI=1S/C10H11N5S/c11-15-9-5-8(1-2-13-9)7-16-10-6-12-3-4-14-10/h1-6H,7,11H2,(H,13,15). The fourth-order valence-corrected chi connectivity index (χ4v) is 1.93. The molecule has 0 unspecified atom stereocenters. The molecular weight excluding hydrogens is 222 g/mol. The predicted octanol–water partition coefficient (Wildman–Crippen LogP) is 1.45. The SMILES string of the molecule is NNc1cc(CSc2cnccn2)ccn1. The number of aromatic nitrogens is 3. The van der Waals surface area contributed by atoms with Crippen LogP contribution in [0.1, 0.15) is 5.56 Å². The highest BCUT2D eigenvalue weighted by atomic mass is 32.2. The maximum Gasteiger partial charge on any atom is 0.140 e. The summed E-state index contributed by atoms with van der Waals surface area (Å²) in [6.07, 6.45) is 6.81. The lowest BCUT2D eigenvalue weighted by molar-refractivity contribution is 1.05. The van der Waals surface area contributed by atoms with Crippen LogP contribution < -0.4 is 11.3 Å². The van der Waals surface area contributed by atoms with E-state index in [1.165, 1.54) is 0 Å². The van der Waals surface area contributed by atoms with Crippen LogP contribution in [-0.4, -0.2) is 15.0 Å². The number of anilines is 1. The summed E-state index contributed by atoms with van der Waals surface area (Å²) in [5.74, 6) is 6.76. The molecule has 0 aromatic carbocycles. The highest BCUT2D eigenvalue weighted by Gasteiger charge is 1.98. The van der Waals surface area contributed by atoms with Gasteiger partial charge in [-0.3, -0.25) is 4.98 Å². The average molecular weight is 233 g/mol. The molecule has 2 aromatic heterocycles. The molecule has 2 aromatic rings. The molecule has 0 spiro atoms. The number of pyridine rings is 1. The maximum absolute atomic E-state index is 5.28. The van der Waals surface area contributed by atoms with E-state index in [1.807, 2.05) is 12.1 Å². The minimum absolute atomic E-state index is 0.664. The van der Waals surface area contributed by atoms with Crippen LogP contribution in [-0.2, 0) is 5.75 Å². The van der Waals surface area contributed by atoms with Gasteiger partial charge in [-0.1, -0.05) is 0 Å². The van der Waals surface area contributed by atoms with E-state index >= 15 is 0 Å². The van der Waals surface area contributed by atoms with Gasteiger partial charge in [-0.2, -0.15) is 0 Å². The molecule has 0 aliphatic carbocycles. The number of rotatable bonds is 4. The van der Waals surface area contributed by atoms with Crippen LogP contribution in [0.2, 0.25) is 0 Å². The van der Waals surface area contributed by atoms with Crippen LogP contribution in [0.4, 0.5) is 5.82 Å². The van der Waals surface area contributed by atoms with E-state index in [-0.39, 0.29) is 0 Å². The van der Waals surface area contributed by atoms with Gasteiger partial charge in [0.15, 0.2) is 0 Å². The van der Waals surface area contributed by atoms with Crippen molar-refractivity contribution >= 4 is 17.6 Å². The number of hydrogen-bond donors (Lipinski definition) is 2. The Hall–Kier alpha value is -1.66. The smallest absolute Gasteiger partial charge is 0.140 e. The molecule has 82 valence electrons. The lowest BCUT2D eigenvalue weighted by atomic mass is 10.3. The predicted molar refractivity (Wildman–Crippen MR) is 63.6 cm³/mol. The maximum atomic E-state index is 5.28. The molecule has 0 aliphatic rings. The third-order valence-corrected chi connectivity index (χ3v) is 2.88. The molecule has 2 rings (SSSR count). The van der Waals surface area contributed by atoms with E-state index in [0.29, 0.717) is 5.82 Å². The van der Waals surface area contributed by atoms with E-state index < -0.39 is 0 Å². The van der Waals surface area contributed by atoms with Gasteiger partial charge in [-0.05, 0) is 17.7 Å². The minimum Gasteiger partial charge on any atom is -0.308 e. The van der Waals surface area contributed by atoms with E-state index in [4.69, 9.17) is 5.84 Å². The van der Waals surface area contributed by atoms with Gasteiger partial charge < -0.3 is 5.43 Å². The molecule has 2 heterocycles. The molecule has 5 nitrogen and oxygen atoms in total. The van der Waals surface area contributed by atoms with Gasteiger partial charge in [0, 0.05) is 24.3 Å². The molecule has 0 amide bonds. The number of hydrazine groups is 1. The van der Waals surface area contributed by atoms with E-state index in [0.717, 1.165) is 16.3 Å². The number of nitrogens with two attached hydrogens (primary N) is 1. The first kappa shape index (κ1) is 10.8. The van der Waals surface area contributed by atoms with Gasteiger partial charge >= 0.3 is 0 Å². The van der Waals surface area contributed by atoms with Gasteiger partial charge in [0.25, 0.3) is 0 Å². The molecule has 6 heteroatoms. The summed E-state index contributed by atoms with van der Waals surface area (Å²) in [4.78, 5) is 12.2. The largest absolute Gasteiger partial charge is 0.308 e. The molecule has 3 N–H and O–H groups in total. The van der Waals surface area contributed by atoms with E-state index in [2.05, 4.69) is 20.4 Å². The van der Waals surface area contributed by atoms with Crippen LogP contribution in [0.25, 0.3) is 0 Å². The molecule has 0 bridgehead atoms. The summed E-state index contributed by atoms with van der Waals surface area (Å²) >= 11 is 1.62. The van der Waals surface area contributed by atoms with Crippen molar-refractivity contribution in [2.45, 2.75) is 10.8 Å². The van der Waals surface area contributed by atoms with E-state index in [9.17, 15) is 0 Å². The Morgan fingerprint density at radius 1 is 1.25 bits per heavy atom. The zero-order valence-electron chi connectivity index (χ0n) is 8.50. The Bertz CT molecular complexity index is 448. The van der Waals surface area contributed by atoms with Crippen LogP contribution in [0.5, 0.6) is 0 Å². The second kappa shape index (κ2) is 5.43. The van der Waals surface area contributed by atoms with Crippen molar-refractivity contribution in [2.75, 3.05) is 5.43 Å². The van der Waals surface area contributed by atoms with Crippen LogP contribution in [0, 0.1) is 0 Å². The zero-order valence-corrected chi connectivity index (χ0v) is 9.31. The lowest BCUT2D eigenvalue weighted by Gasteiger charge is -2.03. The van der Waals surface area contributed by atoms with Crippen LogP contribution >= 0.6 is 11.8 Å². The van der Waals surface area contributed by atoms with Crippen LogP contribution in [0.3, 0.4) is 0 Å². The number of nitrogens with zero attached hydrogens (tertiary/aromatic N) is 3. The normalized spacial score (nSPS) is 10.1. The van der Waals surface area contributed by atoms with Crippen LogP contribution in [0.15, 0.2) is 41.9 Å². The first-order chi connectivity index (χ1) is 7.88. The number of thioether (sulfide) groups is 1. The molecule has 0 atom stereocenters. The molecule has 0 aliphatic heterocycles. The number of nitrogens with one attached hydrogen (secondary N) is 1. The zero-order chi connectivity index (χ0) is 11.2. The summed E-state index contributed by atoms with van der Waals surface area (Å²) in [5.41, 5.74) is 3.65. The summed E-state index contributed by atoms with van der Waals surface area (Å²) in [6.45, 7) is 0. The lowest BCUT2D eigenvalue weighted by Crippen LogP contribution is -2.08. The van der Waals surface area contributed by atoms with Crippen molar-refractivity contribution in [3.63, 3.8) is 0 Å². The van der Waals surface area contributed by atoms with Crippen molar-refractivity contribution in [2.24, 2.45) is 5.84 Å². The monoisotopic (exact) mass is 233 g/mol. The van der Waals surface area contributed by atoms with Crippen molar-refractivity contribution in [1.82, 2.24) is 15.0 Å². The van der Waals surface area contributed by atoms with E-state index in [1.54, 1.807) is 36.5 Å². The molecule has 0 fully saturated rings. The van der Waals surface area contributed by atoms with Crippen molar-refractivity contribution < 1.29 is 0 Å². The summed E-state index contributed by atoms with van der Waals surface area (Å²) in [6, 6.07) is 3.85. The first-order valence-electron chi connectivity index (χ1n) is 4.69. The molecule has 0 saturated carbocycles. The topological polar surface area (TPSA) is 76.7 Å². The first-order valence-corrected chi connectivity index (χ1v) is 5.67. The van der Waals surface area contributed by atoms with Gasteiger partial charge in [-0.25, -0.2) is 15.8 Å². The second-order valence-corrected chi connectivity index (χ2v) is 4.02. The Morgan fingerprint density at radius 3 is 2.94 bits per heavy atom. The third-order valence-electron chi connectivity index (χ3n) is 1.90. The molecular formula is C10H11N5S. The third kappa shape index (κ3) is 2.91. The Labute approximate surface area is 97.5 Å². The van der Waals surface area contributed by atoms with Gasteiger partial charge in [0.2, 0.25) is 0 Å². The second-order valence-electron chi connectivity index (χ2n) is 3.03. The fourth-order valence-electron chi connectivity index (χ4n) is 1.16. The Morgan fingerprint density at radius 2 is 2.19 bits per heavy atom. The van der Waals surface area contributed by atoms with Gasteiger partial charge in [0.05, 0.1) is 6.20 Å². The summed E-state index contributed by atoms with van der Waals surface area (Å²) in [5, 5.41) is 0.904. The molecule has 0 radical (unpaired) electrons. The molecule has 16 heavy (non-hydrogen) atoms. The molecule has 0 saturated heterocycles. The summed E-state index contributed by atoms with van der Waals surface area (Å²) in [7, 11) is 0. The van der Waals surface area contributed by atoms with Gasteiger partial charge in [0.1, 0.15) is 10.8 Å². The number of nitrogen functional groups attached to an aromatic ring is 1. The Kier molecular flexibility index (Phi) is 3.68. The highest BCUT2D eigenvalue weighted by molar-refractivity contribution is 7.98. The summed E-state index contributed by atoms with van der Waals surface area (Å²) < 4.78 is 0. The fraction of sp³-hybridized carbons (Fsp3) is 0.100. The van der Waals surface area contributed by atoms with Gasteiger partial charge in [-0.15, -0.1) is 11.8 Å². The number of hydrogen-bond acceptors (Lipinski definition) is 6. The van der Waals surface area contributed by atoms with Crippen molar-refractivity contribution in [1.29, 1.82) is 0 Å². The highest BCUT2D eigenvalue weighted by Crippen LogP contribution is 2.20. The minimum atomic E-state index is 0.664. The Balaban J connectivity index is 1.99. The quantitative estimate of drug-likeness (QED) is 0.473.